The smallest absolute Gasteiger partial charge is 0.247 e. The van der Waals surface area contributed by atoms with Crippen molar-refractivity contribution in [3.05, 3.63) is 29.6 Å². The number of aryl methyl sites for hydroxylation is 1. The summed E-state index contributed by atoms with van der Waals surface area (Å²) in [5.74, 6) is 1.53. The number of amides is 2. The van der Waals surface area contributed by atoms with E-state index < -0.39 is 6.04 Å². The Hall–Kier alpha value is -1.91. The molecule has 2 amide bonds. The summed E-state index contributed by atoms with van der Waals surface area (Å²) >= 11 is 0. The summed E-state index contributed by atoms with van der Waals surface area (Å²) in [6.45, 7) is 5.65. The molecule has 0 radical (unpaired) electrons. The fraction of sp³-hybridized carbons (Fsp3) is 0.652. The van der Waals surface area contributed by atoms with Gasteiger partial charge in [-0.15, -0.1) is 0 Å². The van der Waals surface area contributed by atoms with Gasteiger partial charge in [0.15, 0.2) is 0 Å². The van der Waals surface area contributed by atoms with Crippen molar-refractivity contribution < 1.29 is 14.0 Å². The Labute approximate surface area is 166 Å². The van der Waals surface area contributed by atoms with Gasteiger partial charge in [0.25, 0.3) is 0 Å². The average Bonchev–Trinajstić information content (AvgIpc) is 2.60. The van der Waals surface area contributed by atoms with Crippen LogP contribution in [0.2, 0.25) is 0 Å². The molecule has 4 bridgehead atoms. The molecule has 1 aromatic carbocycles. The molecule has 0 spiro atoms. The van der Waals surface area contributed by atoms with Crippen LogP contribution in [0.15, 0.2) is 18.2 Å². The highest BCUT2D eigenvalue weighted by molar-refractivity contribution is 5.98. The Balaban J connectivity index is 1.47. The fourth-order valence-corrected chi connectivity index (χ4v) is 6.20. The van der Waals surface area contributed by atoms with Crippen LogP contribution in [0.3, 0.4) is 0 Å². The molecule has 4 fully saturated rings. The van der Waals surface area contributed by atoms with Crippen LogP contribution in [-0.2, 0) is 9.59 Å². The highest BCUT2D eigenvalue weighted by Gasteiger charge is 2.55. The van der Waals surface area contributed by atoms with Crippen molar-refractivity contribution >= 4 is 17.5 Å². The van der Waals surface area contributed by atoms with Gasteiger partial charge in [0, 0.05) is 11.1 Å². The lowest BCUT2D eigenvalue weighted by molar-refractivity contribution is -0.148. The Morgan fingerprint density at radius 3 is 2.14 bits per heavy atom. The molecule has 0 saturated heterocycles. The van der Waals surface area contributed by atoms with Crippen molar-refractivity contribution in [3.8, 4) is 0 Å². The van der Waals surface area contributed by atoms with E-state index in [0.717, 1.165) is 19.3 Å². The molecule has 2 N–H and O–H groups in total. The van der Waals surface area contributed by atoms with Crippen LogP contribution in [0.1, 0.15) is 57.9 Å². The summed E-state index contributed by atoms with van der Waals surface area (Å²) < 4.78 is 13.3. The van der Waals surface area contributed by atoms with Crippen molar-refractivity contribution in [2.45, 2.75) is 65.3 Å². The van der Waals surface area contributed by atoms with Gasteiger partial charge in [0.1, 0.15) is 11.9 Å². The Kier molecular flexibility index (Phi) is 4.96. The van der Waals surface area contributed by atoms with Crippen LogP contribution in [0.5, 0.6) is 0 Å². The first-order chi connectivity index (χ1) is 13.3. The van der Waals surface area contributed by atoms with Crippen LogP contribution >= 0.6 is 0 Å². The van der Waals surface area contributed by atoms with Crippen LogP contribution in [0.4, 0.5) is 10.1 Å². The normalized spacial score (nSPS) is 31.7. The number of hydrogen-bond donors (Lipinski definition) is 2. The van der Waals surface area contributed by atoms with Gasteiger partial charge in [-0.1, -0.05) is 13.8 Å². The SMILES string of the molecule is Cc1cc(F)ccc1NC(=O)[C@@H](NC(=O)C12CC3CC(CC(C3)C1)C2)C(C)C. The first-order valence-electron chi connectivity index (χ1n) is 10.6. The predicted molar refractivity (Wildman–Crippen MR) is 107 cm³/mol. The minimum absolute atomic E-state index is 0.0291. The maximum atomic E-state index is 13.3. The minimum atomic E-state index is -0.593. The summed E-state index contributed by atoms with van der Waals surface area (Å²) in [6, 6.07) is 3.71. The molecule has 5 heteroatoms. The Morgan fingerprint density at radius 1 is 1.07 bits per heavy atom. The minimum Gasteiger partial charge on any atom is -0.344 e. The second kappa shape index (κ2) is 7.16. The Morgan fingerprint density at radius 2 is 1.64 bits per heavy atom. The molecule has 0 aromatic heterocycles. The van der Waals surface area contributed by atoms with E-state index in [2.05, 4.69) is 10.6 Å². The first-order valence-corrected chi connectivity index (χ1v) is 10.6. The molecule has 4 saturated carbocycles. The van der Waals surface area contributed by atoms with Gasteiger partial charge >= 0.3 is 0 Å². The van der Waals surface area contributed by atoms with Gasteiger partial charge in [-0.3, -0.25) is 9.59 Å². The molecular formula is C23H31FN2O2. The van der Waals surface area contributed by atoms with Crippen LogP contribution < -0.4 is 10.6 Å². The number of rotatable bonds is 5. The lowest BCUT2D eigenvalue weighted by Crippen LogP contribution is -2.57. The first kappa shape index (κ1) is 19.4. The third kappa shape index (κ3) is 3.56. The summed E-state index contributed by atoms with van der Waals surface area (Å²) in [4.78, 5) is 26.3. The number of hydrogen-bond acceptors (Lipinski definition) is 2. The molecular weight excluding hydrogens is 355 g/mol. The lowest BCUT2D eigenvalue weighted by atomic mass is 9.49. The lowest BCUT2D eigenvalue weighted by Gasteiger charge is -2.55. The molecule has 28 heavy (non-hydrogen) atoms. The highest BCUT2D eigenvalue weighted by Crippen LogP contribution is 2.60. The summed E-state index contributed by atoms with van der Waals surface area (Å²) in [5, 5.41) is 5.98. The molecule has 1 aromatic rings. The maximum absolute atomic E-state index is 13.3. The molecule has 0 heterocycles. The standard InChI is InChI=1S/C23H31FN2O2/c1-13(2)20(21(27)25-19-5-4-18(24)6-14(19)3)26-22(28)23-10-15-7-16(11-23)9-17(8-15)12-23/h4-6,13,15-17,20H,7-12H2,1-3H3,(H,25,27)(H,26,28)/t15?,16?,17?,20-,23?/m0/s1. The van der Waals surface area contributed by atoms with Crippen molar-refractivity contribution in [3.63, 3.8) is 0 Å². The van der Waals surface area contributed by atoms with Gasteiger partial charge in [0.05, 0.1) is 0 Å². The molecule has 5 rings (SSSR count). The zero-order valence-electron chi connectivity index (χ0n) is 17.1. The van der Waals surface area contributed by atoms with Crippen molar-refractivity contribution in [2.75, 3.05) is 5.32 Å². The topological polar surface area (TPSA) is 58.2 Å². The third-order valence-electron chi connectivity index (χ3n) is 7.20. The third-order valence-corrected chi connectivity index (χ3v) is 7.20. The van der Waals surface area contributed by atoms with Gasteiger partial charge in [0.2, 0.25) is 11.8 Å². The van der Waals surface area contributed by atoms with Gasteiger partial charge in [-0.05, 0) is 92.9 Å². The van der Waals surface area contributed by atoms with Crippen molar-refractivity contribution in [1.82, 2.24) is 5.32 Å². The summed E-state index contributed by atoms with van der Waals surface area (Å²) in [6.07, 6.45) is 6.79. The number of carbonyl (C=O) groups is 2. The van der Waals surface area contributed by atoms with E-state index >= 15 is 0 Å². The zero-order chi connectivity index (χ0) is 20.1. The van der Waals surface area contributed by atoms with E-state index in [-0.39, 0.29) is 29.0 Å². The van der Waals surface area contributed by atoms with Crippen LogP contribution in [0, 0.1) is 41.8 Å². The van der Waals surface area contributed by atoms with Gasteiger partial charge in [-0.25, -0.2) is 4.39 Å². The van der Waals surface area contributed by atoms with Crippen LogP contribution in [-0.4, -0.2) is 17.9 Å². The number of anilines is 1. The molecule has 4 aliphatic rings. The van der Waals surface area contributed by atoms with E-state index in [0.29, 0.717) is 29.0 Å². The zero-order valence-corrected chi connectivity index (χ0v) is 17.1. The molecule has 4 nitrogen and oxygen atoms in total. The second-order valence-corrected chi connectivity index (χ2v) is 9.84. The van der Waals surface area contributed by atoms with E-state index in [4.69, 9.17) is 0 Å². The highest BCUT2D eigenvalue weighted by atomic mass is 19.1. The summed E-state index contributed by atoms with van der Waals surface area (Å²) in [5.41, 5.74) is 0.984. The van der Waals surface area contributed by atoms with E-state index in [1.807, 2.05) is 13.8 Å². The fourth-order valence-electron chi connectivity index (χ4n) is 6.20. The average molecular weight is 387 g/mol. The largest absolute Gasteiger partial charge is 0.344 e. The quantitative estimate of drug-likeness (QED) is 0.786. The maximum Gasteiger partial charge on any atom is 0.247 e. The van der Waals surface area contributed by atoms with Gasteiger partial charge < -0.3 is 10.6 Å². The number of halogens is 1. The van der Waals surface area contributed by atoms with Crippen molar-refractivity contribution in [1.29, 1.82) is 0 Å². The van der Waals surface area contributed by atoms with E-state index in [9.17, 15) is 14.0 Å². The number of carbonyl (C=O) groups excluding carboxylic acids is 2. The second-order valence-electron chi connectivity index (χ2n) is 9.84. The predicted octanol–water partition coefficient (Wildman–Crippen LogP) is 4.43. The van der Waals surface area contributed by atoms with Crippen LogP contribution in [0.25, 0.3) is 0 Å². The molecule has 0 aliphatic heterocycles. The molecule has 4 aliphatic carbocycles. The van der Waals surface area contributed by atoms with E-state index in [1.165, 1.54) is 31.4 Å². The monoisotopic (exact) mass is 386 g/mol. The number of benzene rings is 1. The molecule has 1 atom stereocenters. The van der Waals surface area contributed by atoms with Gasteiger partial charge in [-0.2, -0.15) is 0 Å². The molecule has 0 unspecified atom stereocenters. The summed E-state index contributed by atoms with van der Waals surface area (Å²) in [7, 11) is 0. The molecule has 152 valence electrons. The Bertz CT molecular complexity index is 754. The van der Waals surface area contributed by atoms with E-state index in [1.54, 1.807) is 13.0 Å². The van der Waals surface area contributed by atoms with Crippen molar-refractivity contribution in [2.24, 2.45) is 29.1 Å². The number of nitrogens with one attached hydrogen (secondary N) is 2.